The molecule has 3 N–H and O–H groups in total. The van der Waals surface area contributed by atoms with Crippen molar-refractivity contribution in [1.82, 2.24) is 0 Å². The van der Waals surface area contributed by atoms with Crippen LogP contribution < -0.4 is 5.73 Å². The number of carboxylic acids is 1. The van der Waals surface area contributed by atoms with Gasteiger partial charge in [0.15, 0.2) is 0 Å². The predicted molar refractivity (Wildman–Crippen MR) is 84.0 cm³/mol. The first-order valence-corrected chi connectivity index (χ1v) is 6.94. The maximum atomic E-state index is 11.3. The van der Waals surface area contributed by atoms with Crippen molar-refractivity contribution in [3.8, 4) is 0 Å². The van der Waals surface area contributed by atoms with E-state index in [0.717, 1.165) is 5.56 Å². The third-order valence-corrected chi connectivity index (χ3v) is 2.16. The molecule has 0 saturated carbocycles. The first kappa shape index (κ1) is 21.4. The monoisotopic (exact) mass is 297 g/mol. The Morgan fingerprint density at radius 3 is 2.05 bits per heavy atom. The summed E-state index contributed by atoms with van der Waals surface area (Å²) >= 11 is 0. The summed E-state index contributed by atoms with van der Waals surface area (Å²) in [5, 5.41) is 8.47. The number of carbonyl (C=O) groups is 2. The molecule has 1 rings (SSSR count). The average molecular weight is 297 g/mol. The molecule has 0 unspecified atom stereocenters. The van der Waals surface area contributed by atoms with E-state index >= 15 is 0 Å². The molecule has 0 aliphatic carbocycles. The number of hydrogen-bond donors (Lipinski definition) is 2. The molecule has 0 radical (unpaired) electrons. The van der Waals surface area contributed by atoms with Crippen LogP contribution in [-0.4, -0.2) is 29.7 Å². The molecule has 0 bridgehead atoms. The van der Waals surface area contributed by atoms with E-state index in [1.165, 1.54) is 7.05 Å². The fourth-order valence-electron chi connectivity index (χ4n) is 1.59. The molecular weight excluding hydrogens is 270 g/mol. The molecule has 0 fully saturated rings. The van der Waals surface area contributed by atoms with Gasteiger partial charge in [0.2, 0.25) is 0 Å². The Hall–Kier alpha value is -1.88. The van der Waals surface area contributed by atoms with Crippen LogP contribution in [0, 0.1) is 0 Å². The molecule has 0 atom stereocenters. The van der Waals surface area contributed by atoms with E-state index < -0.39 is 24.0 Å². The third-order valence-electron chi connectivity index (χ3n) is 2.16. The van der Waals surface area contributed by atoms with Gasteiger partial charge in [0.05, 0.1) is 0 Å². The largest absolute Gasteiger partial charge is 0.481 e. The van der Waals surface area contributed by atoms with E-state index in [0.29, 0.717) is 6.42 Å². The smallest absolute Gasteiger partial charge is 0.317 e. The number of ether oxygens (including phenoxy) is 1. The Labute approximate surface area is 127 Å². The van der Waals surface area contributed by atoms with E-state index in [4.69, 9.17) is 9.84 Å². The minimum atomic E-state index is -1.18. The molecule has 5 heteroatoms. The molecule has 0 aliphatic heterocycles. The molecule has 1 aromatic carbocycles. The summed E-state index contributed by atoms with van der Waals surface area (Å²) in [4.78, 5) is 21.6. The third kappa shape index (κ3) is 11.6. The van der Waals surface area contributed by atoms with E-state index in [9.17, 15) is 9.59 Å². The molecule has 5 nitrogen and oxygen atoms in total. The van der Waals surface area contributed by atoms with Gasteiger partial charge in [-0.1, -0.05) is 44.2 Å². The lowest BCUT2D eigenvalue weighted by Gasteiger charge is -2.25. The fourth-order valence-corrected chi connectivity index (χ4v) is 1.59. The van der Waals surface area contributed by atoms with Crippen molar-refractivity contribution in [3.05, 3.63) is 35.9 Å². The summed E-state index contributed by atoms with van der Waals surface area (Å²) in [6.45, 7) is 7.53. The van der Waals surface area contributed by atoms with Crippen molar-refractivity contribution in [2.45, 2.75) is 46.1 Å². The highest BCUT2D eigenvalue weighted by Crippen LogP contribution is 2.17. The van der Waals surface area contributed by atoms with E-state index in [1.54, 1.807) is 13.8 Å². The molecule has 0 aliphatic rings. The molecule has 1 aromatic rings. The Morgan fingerprint density at radius 1 is 1.14 bits per heavy atom. The maximum Gasteiger partial charge on any atom is 0.317 e. The number of hydrogen-bond acceptors (Lipinski definition) is 4. The summed E-state index contributed by atoms with van der Waals surface area (Å²) in [6, 6.07) is 9.60. The first-order valence-electron chi connectivity index (χ1n) is 6.94. The summed E-state index contributed by atoms with van der Waals surface area (Å²) in [5.41, 5.74) is 4.84. The summed E-state index contributed by atoms with van der Waals surface area (Å²) in [6.07, 6.45) is -0.0442. The Morgan fingerprint density at radius 2 is 1.62 bits per heavy atom. The molecule has 120 valence electrons. The van der Waals surface area contributed by atoms with Crippen molar-refractivity contribution < 1.29 is 19.4 Å². The number of carbonyl (C=O) groups excluding carboxylic acids is 1. The zero-order valence-corrected chi connectivity index (χ0v) is 13.6. The van der Waals surface area contributed by atoms with Crippen LogP contribution in [0.5, 0.6) is 0 Å². The van der Waals surface area contributed by atoms with Crippen molar-refractivity contribution in [3.63, 3.8) is 0 Å². The molecule has 0 aromatic heterocycles. The van der Waals surface area contributed by atoms with Crippen LogP contribution in [-0.2, 0) is 20.7 Å². The normalized spacial score (nSPS) is 9.43. The number of carboxylic acid groups (broad SMARTS) is 1. The Kier molecular flexibility index (Phi) is 12.1. The maximum absolute atomic E-state index is 11.3. The van der Waals surface area contributed by atoms with Crippen molar-refractivity contribution in [1.29, 1.82) is 0 Å². The lowest BCUT2D eigenvalue weighted by atomic mass is 9.98. The van der Waals surface area contributed by atoms with Gasteiger partial charge in [-0.15, -0.1) is 0 Å². The number of esters is 1. The second kappa shape index (κ2) is 11.9. The predicted octanol–water partition coefficient (Wildman–Crippen LogP) is 2.63. The van der Waals surface area contributed by atoms with Crippen molar-refractivity contribution in [2.75, 3.05) is 7.05 Å². The van der Waals surface area contributed by atoms with Gasteiger partial charge in [0.25, 0.3) is 0 Å². The van der Waals surface area contributed by atoms with E-state index in [1.807, 2.05) is 44.2 Å². The standard InChI is InChI=1S/C13H16O4.C2H6.CH5N/c1-13(2,17-12(16)8-11(14)15)9-10-6-4-3-5-7-10;2*1-2/h3-7H,8-9H2,1-2H3,(H,14,15);1-2H3;2H2,1H3. The van der Waals surface area contributed by atoms with Crippen LogP contribution >= 0.6 is 0 Å². The minimum Gasteiger partial charge on any atom is -0.481 e. The van der Waals surface area contributed by atoms with Crippen LogP contribution in [0.2, 0.25) is 0 Å². The molecule has 0 heterocycles. The van der Waals surface area contributed by atoms with Crippen molar-refractivity contribution >= 4 is 11.9 Å². The molecule has 21 heavy (non-hydrogen) atoms. The highest BCUT2D eigenvalue weighted by atomic mass is 16.6. The van der Waals surface area contributed by atoms with Gasteiger partial charge in [-0.05, 0) is 26.5 Å². The molecule has 0 saturated heterocycles. The second-order valence-corrected chi connectivity index (χ2v) is 4.47. The molecule has 0 amide bonds. The average Bonchev–Trinajstić information content (AvgIpc) is 2.42. The minimum absolute atomic E-state index is 0.555. The topological polar surface area (TPSA) is 89.6 Å². The highest BCUT2D eigenvalue weighted by Gasteiger charge is 2.24. The van der Waals surface area contributed by atoms with Gasteiger partial charge in [-0.25, -0.2) is 0 Å². The number of benzene rings is 1. The molecular formula is C16H27NO4. The number of nitrogens with two attached hydrogens (primary N) is 1. The van der Waals surface area contributed by atoms with Crippen LogP contribution in [0.15, 0.2) is 30.3 Å². The van der Waals surface area contributed by atoms with Crippen molar-refractivity contribution in [2.24, 2.45) is 5.73 Å². The lowest BCUT2D eigenvalue weighted by Crippen LogP contribution is -2.31. The molecule has 0 spiro atoms. The van der Waals surface area contributed by atoms with Crippen LogP contribution in [0.4, 0.5) is 0 Å². The van der Waals surface area contributed by atoms with Gasteiger partial charge in [-0.3, -0.25) is 9.59 Å². The van der Waals surface area contributed by atoms with Gasteiger partial charge in [-0.2, -0.15) is 0 Å². The summed E-state index contributed by atoms with van der Waals surface area (Å²) < 4.78 is 5.13. The lowest BCUT2D eigenvalue weighted by molar-refractivity contribution is -0.160. The van der Waals surface area contributed by atoms with E-state index in [-0.39, 0.29) is 0 Å². The zero-order chi connectivity index (χ0) is 16.9. The quantitative estimate of drug-likeness (QED) is 0.644. The Bertz CT molecular complexity index is 402. The van der Waals surface area contributed by atoms with Gasteiger partial charge in [0.1, 0.15) is 12.0 Å². The zero-order valence-electron chi connectivity index (χ0n) is 13.6. The summed E-state index contributed by atoms with van der Waals surface area (Å²) in [5.74, 6) is -1.89. The number of rotatable bonds is 5. The van der Waals surface area contributed by atoms with Crippen LogP contribution in [0.1, 0.15) is 39.7 Å². The highest BCUT2D eigenvalue weighted by molar-refractivity contribution is 5.90. The first-order chi connectivity index (χ1) is 9.89. The Balaban J connectivity index is 0. The number of aliphatic carboxylic acids is 1. The SMILES string of the molecule is CC.CC(C)(Cc1ccccc1)OC(=O)CC(=O)O.CN. The second-order valence-electron chi connectivity index (χ2n) is 4.47. The van der Waals surface area contributed by atoms with Gasteiger partial charge in [0, 0.05) is 6.42 Å². The van der Waals surface area contributed by atoms with Gasteiger partial charge < -0.3 is 15.6 Å². The van der Waals surface area contributed by atoms with Gasteiger partial charge >= 0.3 is 11.9 Å². The van der Waals surface area contributed by atoms with Crippen LogP contribution in [0.3, 0.4) is 0 Å². The van der Waals surface area contributed by atoms with E-state index in [2.05, 4.69) is 5.73 Å². The summed E-state index contributed by atoms with van der Waals surface area (Å²) in [7, 11) is 1.50. The fraction of sp³-hybridized carbons (Fsp3) is 0.500. The van der Waals surface area contributed by atoms with Crippen LogP contribution in [0.25, 0.3) is 0 Å².